The zero-order valence-corrected chi connectivity index (χ0v) is 9.31. The Morgan fingerprint density at radius 3 is 2.40 bits per heavy atom. The summed E-state index contributed by atoms with van der Waals surface area (Å²) in [7, 11) is -7.09. The average molecular weight is 252 g/mol. The van der Waals surface area contributed by atoms with Gasteiger partial charge in [-0.15, -0.1) is 0 Å². The largest absolute Gasteiger partial charge is 0.326 e. The van der Waals surface area contributed by atoms with Crippen LogP contribution in [0.1, 0.15) is 0 Å². The summed E-state index contributed by atoms with van der Waals surface area (Å²) < 4.78 is 41.2. The lowest BCUT2D eigenvalue weighted by Crippen LogP contribution is -2.07. The van der Waals surface area contributed by atoms with Crippen LogP contribution >= 0.6 is 8.25 Å². The SMILES string of the molecule is O=[PH](O)OCOS(=O)(=O)c1ccccc1. The Morgan fingerprint density at radius 1 is 1.27 bits per heavy atom. The van der Waals surface area contributed by atoms with Gasteiger partial charge in [0.2, 0.25) is 0 Å². The van der Waals surface area contributed by atoms with Gasteiger partial charge in [-0.05, 0) is 12.1 Å². The van der Waals surface area contributed by atoms with Crippen molar-refractivity contribution < 1.29 is 26.6 Å². The molecule has 0 amide bonds. The molecule has 1 aromatic rings. The van der Waals surface area contributed by atoms with Crippen molar-refractivity contribution in [3.63, 3.8) is 0 Å². The monoisotopic (exact) mass is 252 g/mol. The van der Waals surface area contributed by atoms with Crippen LogP contribution in [0.25, 0.3) is 0 Å². The molecule has 15 heavy (non-hydrogen) atoms. The van der Waals surface area contributed by atoms with Crippen LogP contribution in [-0.4, -0.2) is 20.1 Å². The lowest BCUT2D eigenvalue weighted by atomic mass is 10.4. The van der Waals surface area contributed by atoms with Crippen LogP contribution in [0.3, 0.4) is 0 Å². The Bertz CT molecular complexity index is 428. The van der Waals surface area contributed by atoms with E-state index < -0.39 is 25.2 Å². The van der Waals surface area contributed by atoms with Gasteiger partial charge < -0.3 is 4.89 Å². The minimum Gasteiger partial charge on any atom is -0.326 e. The second kappa shape index (κ2) is 5.39. The lowest BCUT2D eigenvalue weighted by Gasteiger charge is -2.03. The lowest BCUT2D eigenvalue weighted by molar-refractivity contribution is 0.121. The van der Waals surface area contributed by atoms with Crippen molar-refractivity contribution in [1.82, 2.24) is 0 Å². The minimum atomic E-state index is -3.91. The van der Waals surface area contributed by atoms with E-state index in [0.717, 1.165) is 0 Å². The number of benzene rings is 1. The second-order valence-electron chi connectivity index (χ2n) is 2.41. The van der Waals surface area contributed by atoms with E-state index >= 15 is 0 Å². The molecule has 84 valence electrons. The Kier molecular flexibility index (Phi) is 4.44. The van der Waals surface area contributed by atoms with E-state index in [1.165, 1.54) is 24.3 Å². The number of hydrogen-bond donors (Lipinski definition) is 1. The van der Waals surface area contributed by atoms with Crippen molar-refractivity contribution in [1.29, 1.82) is 0 Å². The fourth-order valence-corrected chi connectivity index (χ4v) is 1.84. The van der Waals surface area contributed by atoms with E-state index in [-0.39, 0.29) is 4.90 Å². The van der Waals surface area contributed by atoms with Gasteiger partial charge in [0.25, 0.3) is 10.1 Å². The van der Waals surface area contributed by atoms with Gasteiger partial charge in [-0.25, -0.2) is 4.18 Å². The van der Waals surface area contributed by atoms with Gasteiger partial charge in [-0.1, -0.05) is 18.2 Å². The van der Waals surface area contributed by atoms with E-state index in [0.29, 0.717) is 0 Å². The van der Waals surface area contributed by atoms with E-state index in [4.69, 9.17) is 4.89 Å². The molecule has 0 aromatic heterocycles. The van der Waals surface area contributed by atoms with Gasteiger partial charge in [0, 0.05) is 0 Å². The minimum absolute atomic E-state index is 0.0359. The maximum atomic E-state index is 11.3. The zero-order valence-electron chi connectivity index (χ0n) is 7.49. The van der Waals surface area contributed by atoms with Crippen molar-refractivity contribution in [3.05, 3.63) is 30.3 Å². The first-order valence-corrected chi connectivity index (χ1v) is 6.50. The summed E-state index contributed by atoms with van der Waals surface area (Å²) in [5.41, 5.74) is 0. The highest BCUT2D eigenvalue weighted by Gasteiger charge is 2.14. The molecule has 1 aromatic carbocycles. The number of rotatable bonds is 5. The third-order valence-electron chi connectivity index (χ3n) is 1.42. The molecular formula is C7H9O6PS. The zero-order chi connectivity index (χ0) is 11.3. The molecule has 8 heteroatoms. The molecule has 0 fully saturated rings. The van der Waals surface area contributed by atoms with Crippen molar-refractivity contribution in [2.75, 3.05) is 6.79 Å². The summed E-state index contributed by atoms with van der Waals surface area (Å²) in [6.45, 7) is -0.772. The van der Waals surface area contributed by atoms with Crippen molar-refractivity contribution in [3.8, 4) is 0 Å². The first-order valence-electron chi connectivity index (χ1n) is 3.82. The van der Waals surface area contributed by atoms with Crippen molar-refractivity contribution in [2.24, 2.45) is 0 Å². The molecule has 1 rings (SSSR count). The van der Waals surface area contributed by atoms with Crippen LogP contribution in [0.4, 0.5) is 0 Å². The molecule has 0 bridgehead atoms. The first-order chi connectivity index (χ1) is 7.02. The molecule has 0 aliphatic rings. The Balaban J connectivity index is 2.65. The van der Waals surface area contributed by atoms with E-state index in [9.17, 15) is 13.0 Å². The van der Waals surface area contributed by atoms with E-state index in [1.807, 2.05) is 0 Å². The normalized spacial score (nSPS) is 13.7. The molecule has 6 nitrogen and oxygen atoms in total. The van der Waals surface area contributed by atoms with Gasteiger partial charge in [0.05, 0.1) is 4.90 Å². The van der Waals surface area contributed by atoms with Crippen LogP contribution < -0.4 is 0 Å². The molecule has 0 aliphatic carbocycles. The predicted molar refractivity (Wildman–Crippen MR) is 51.9 cm³/mol. The Morgan fingerprint density at radius 2 is 1.87 bits per heavy atom. The van der Waals surface area contributed by atoms with Gasteiger partial charge in [-0.3, -0.25) is 9.09 Å². The quantitative estimate of drug-likeness (QED) is 0.472. The van der Waals surface area contributed by atoms with Gasteiger partial charge in [-0.2, -0.15) is 8.42 Å². The molecule has 0 heterocycles. The Labute approximate surface area is 87.5 Å². The maximum absolute atomic E-state index is 11.3. The third-order valence-corrected chi connectivity index (χ3v) is 3.04. The standard InChI is InChI=1S/C7H9O6PS/c8-14(9)12-6-13-15(10,11)7-4-2-1-3-5-7/h1-5,14H,6H2,(H,8,9). The van der Waals surface area contributed by atoms with Crippen LogP contribution in [0.15, 0.2) is 35.2 Å². The maximum Gasteiger partial charge on any atom is 0.318 e. The molecular weight excluding hydrogens is 243 g/mol. The Hall–Kier alpha value is -0.720. The summed E-state index contributed by atoms with van der Waals surface area (Å²) in [5.74, 6) is 0. The highest BCUT2D eigenvalue weighted by Crippen LogP contribution is 2.16. The second-order valence-corrected chi connectivity index (χ2v) is 4.85. The van der Waals surface area contributed by atoms with E-state index in [2.05, 4.69) is 8.71 Å². The van der Waals surface area contributed by atoms with Crippen LogP contribution in [0.5, 0.6) is 0 Å². The fourth-order valence-electron chi connectivity index (χ4n) is 0.793. The highest BCUT2D eigenvalue weighted by atomic mass is 32.2. The summed E-state index contributed by atoms with van der Waals surface area (Å²) >= 11 is 0. The molecule has 0 radical (unpaired) electrons. The molecule has 1 unspecified atom stereocenters. The average Bonchev–Trinajstić information content (AvgIpc) is 2.18. The summed E-state index contributed by atoms with van der Waals surface area (Å²) in [6.07, 6.45) is 0. The summed E-state index contributed by atoms with van der Waals surface area (Å²) in [4.78, 5) is 8.23. The molecule has 0 aliphatic heterocycles. The van der Waals surface area contributed by atoms with Crippen molar-refractivity contribution >= 4 is 18.4 Å². The fraction of sp³-hybridized carbons (Fsp3) is 0.143. The third kappa shape index (κ3) is 4.11. The predicted octanol–water partition coefficient (Wildman–Crippen LogP) is 0.748. The number of hydrogen-bond acceptors (Lipinski definition) is 5. The smallest absolute Gasteiger partial charge is 0.318 e. The molecule has 1 atom stereocenters. The topological polar surface area (TPSA) is 89.9 Å². The molecule has 0 saturated carbocycles. The van der Waals surface area contributed by atoms with E-state index in [1.54, 1.807) is 6.07 Å². The van der Waals surface area contributed by atoms with Gasteiger partial charge >= 0.3 is 8.25 Å². The van der Waals surface area contributed by atoms with Gasteiger partial charge in [0.1, 0.15) is 0 Å². The summed E-state index contributed by atoms with van der Waals surface area (Å²) in [5, 5.41) is 0. The molecule has 0 spiro atoms. The highest BCUT2D eigenvalue weighted by molar-refractivity contribution is 7.86. The van der Waals surface area contributed by atoms with Crippen LogP contribution in [0, 0.1) is 0 Å². The summed E-state index contributed by atoms with van der Waals surface area (Å²) in [6, 6.07) is 7.41. The molecule has 0 saturated heterocycles. The van der Waals surface area contributed by atoms with Crippen LogP contribution in [0.2, 0.25) is 0 Å². The van der Waals surface area contributed by atoms with Crippen molar-refractivity contribution in [2.45, 2.75) is 4.90 Å². The molecule has 1 N–H and O–H groups in total. The van der Waals surface area contributed by atoms with Gasteiger partial charge in [0.15, 0.2) is 6.79 Å². The first kappa shape index (κ1) is 12.4. The van der Waals surface area contributed by atoms with Crippen LogP contribution in [-0.2, 0) is 23.4 Å².